The van der Waals surface area contributed by atoms with Gasteiger partial charge in [-0.1, -0.05) is 48.0 Å². The van der Waals surface area contributed by atoms with Crippen LogP contribution in [0.4, 0.5) is 0 Å². The number of esters is 1. The Hall–Kier alpha value is -2.67. The van der Waals surface area contributed by atoms with Crippen molar-refractivity contribution < 1.29 is 32.8 Å². The Morgan fingerprint density at radius 3 is 2.52 bits per heavy atom. The highest BCUT2D eigenvalue weighted by molar-refractivity contribution is 7.56. The number of ether oxygens (including phenoxy) is 1. The maximum absolute atomic E-state index is 13.7. The van der Waals surface area contributed by atoms with E-state index in [1.165, 1.54) is 12.2 Å². The molecule has 8 nitrogen and oxygen atoms in total. The van der Waals surface area contributed by atoms with Gasteiger partial charge in [-0.2, -0.15) is 0 Å². The summed E-state index contributed by atoms with van der Waals surface area (Å²) in [7, 11) is -2.86. The summed E-state index contributed by atoms with van der Waals surface area (Å²) in [5.41, 5.74) is 0.799. The van der Waals surface area contributed by atoms with Gasteiger partial charge in [0.15, 0.2) is 12.3 Å². The number of hydrogen-bond donors (Lipinski definition) is 0. The summed E-state index contributed by atoms with van der Waals surface area (Å²) in [6.45, 7) is 1.88. The van der Waals surface area contributed by atoms with Crippen LogP contribution in [0, 0.1) is 6.92 Å². The van der Waals surface area contributed by atoms with Crippen molar-refractivity contribution in [3.63, 3.8) is 0 Å². The van der Waals surface area contributed by atoms with E-state index in [4.69, 9.17) is 13.9 Å². The second-order valence-electron chi connectivity index (χ2n) is 7.15. The monoisotopic (exact) mass is 447 g/mol. The fraction of sp³-hybridized carbons (Fsp3) is 0.364. The van der Waals surface area contributed by atoms with Crippen LogP contribution in [0.3, 0.4) is 0 Å². The summed E-state index contributed by atoms with van der Waals surface area (Å²) >= 11 is 0. The fourth-order valence-electron chi connectivity index (χ4n) is 3.10. The third-order valence-corrected chi connectivity index (χ3v) is 7.02. The normalized spacial score (nSPS) is 18.3. The third kappa shape index (κ3) is 6.17. The Kier molecular flexibility index (Phi) is 7.85. The maximum atomic E-state index is 13.7. The molecule has 0 radical (unpaired) electrons. The summed E-state index contributed by atoms with van der Waals surface area (Å²) in [4.78, 5) is 30.4. The zero-order chi connectivity index (χ0) is 22.3. The molecule has 0 aromatic heterocycles. The van der Waals surface area contributed by atoms with Crippen LogP contribution in [0.2, 0.25) is 0 Å². The second-order valence-corrected chi connectivity index (χ2v) is 9.29. The van der Waals surface area contributed by atoms with E-state index in [0.717, 1.165) is 11.1 Å². The molecular formula is C22H26NO7P. The topological polar surface area (TPSA) is 91.4 Å². The molecule has 1 aliphatic heterocycles. The highest BCUT2D eigenvalue weighted by atomic mass is 31.2. The van der Waals surface area contributed by atoms with Crippen LogP contribution in [0.5, 0.6) is 5.75 Å². The van der Waals surface area contributed by atoms with E-state index in [9.17, 15) is 14.2 Å². The van der Waals surface area contributed by atoms with Crippen molar-refractivity contribution >= 4 is 19.5 Å². The van der Waals surface area contributed by atoms with Crippen LogP contribution in [0.15, 0.2) is 54.6 Å². The molecule has 3 rings (SSSR count). The number of aryl methyl sites for hydroxylation is 1. The van der Waals surface area contributed by atoms with Crippen molar-refractivity contribution in [1.82, 2.24) is 5.06 Å². The Balaban J connectivity index is 1.77. The van der Waals surface area contributed by atoms with Crippen molar-refractivity contribution in [3.8, 4) is 5.75 Å². The minimum atomic E-state index is -4.06. The Bertz CT molecular complexity index is 933. The molecule has 0 saturated carbocycles. The number of nitrogens with zero attached hydrogens (tertiary/aromatic N) is 1. The molecule has 1 saturated heterocycles. The molecule has 2 unspecified atom stereocenters. The molecule has 0 spiro atoms. The summed E-state index contributed by atoms with van der Waals surface area (Å²) in [5.74, 6) is -0.926. The molecule has 0 bridgehead atoms. The van der Waals surface area contributed by atoms with E-state index in [-0.39, 0.29) is 18.8 Å². The number of piperidine rings is 1. The molecule has 166 valence electrons. The second kappa shape index (κ2) is 10.6. The Morgan fingerprint density at radius 2 is 1.84 bits per heavy atom. The van der Waals surface area contributed by atoms with E-state index in [2.05, 4.69) is 4.74 Å². The molecule has 1 amide bonds. The maximum Gasteiger partial charge on any atom is 0.392 e. The quantitative estimate of drug-likeness (QED) is 0.426. The predicted molar refractivity (Wildman–Crippen MR) is 113 cm³/mol. The third-order valence-electron chi connectivity index (χ3n) is 4.82. The summed E-state index contributed by atoms with van der Waals surface area (Å²) in [6, 6.07) is 16.3. The van der Waals surface area contributed by atoms with Crippen molar-refractivity contribution in [2.75, 3.05) is 20.3 Å². The first-order chi connectivity index (χ1) is 14.9. The summed E-state index contributed by atoms with van der Waals surface area (Å²) in [5, 5.41) is 1.20. The van der Waals surface area contributed by atoms with E-state index >= 15 is 0 Å². The molecule has 1 aliphatic rings. The van der Waals surface area contributed by atoms with Crippen LogP contribution in [0.1, 0.15) is 24.0 Å². The highest BCUT2D eigenvalue weighted by Crippen LogP contribution is 2.55. The minimum absolute atomic E-state index is 0.200. The van der Waals surface area contributed by atoms with E-state index in [1.807, 2.05) is 37.3 Å². The Morgan fingerprint density at radius 1 is 1.13 bits per heavy atom. The number of hydroxylamine groups is 2. The lowest BCUT2D eigenvalue weighted by Gasteiger charge is -2.34. The number of methoxy groups -OCH3 is 1. The number of carbonyl (C=O) groups excluding carboxylic acids is 2. The largest absolute Gasteiger partial charge is 0.467 e. The van der Waals surface area contributed by atoms with Gasteiger partial charge in [-0.25, -0.2) is 14.4 Å². The molecule has 31 heavy (non-hydrogen) atoms. The number of hydrogen-bond acceptors (Lipinski definition) is 7. The van der Waals surface area contributed by atoms with Gasteiger partial charge >= 0.3 is 13.6 Å². The van der Waals surface area contributed by atoms with E-state index in [1.54, 1.807) is 24.3 Å². The van der Waals surface area contributed by atoms with Gasteiger partial charge in [0.05, 0.1) is 7.11 Å². The molecule has 9 heteroatoms. The van der Waals surface area contributed by atoms with Gasteiger partial charge in [-0.15, -0.1) is 0 Å². The summed E-state index contributed by atoms with van der Waals surface area (Å²) < 4.78 is 29.4. The van der Waals surface area contributed by atoms with Crippen LogP contribution in [-0.4, -0.2) is 42.9 Å². The first-order valence-corrected chi connectivity index (χ1v) is 11.6. The highest BCUT2D eigenvalue weighted by Gasteiger charge is 2.47. The van der Waals surface area contributed by atoms with Crippen molar-refractivity contribution in [2.24, 2.45) is 0 Å². The minimum Gasteiger partial charge on any atom is -0.467 e. The molecule has 2 aromatic carbocycles. The lowest BCUT2D eigenvalue weighted by atomic mass is 10.1. The van der Waals surface area contributed by atoms with Crippen molar-refractivity contribution in [3.05, 3.63) is 65.7 Å². The average molecular weight is 447 g/mol. The smallest absolute Gasteiger partial charge is 0.392 e. The number of amides is 1. The fourth-order valence-corrected chi connectivity index (χ4v) is 5.06. The standard InChI is InChI=1S/C22H26NO7P/c1-17-10-12-19(13-11-17)30-31(26,29-16-21(24)27-2)20-9-6-14-23(22(20)25)28-15-18-7-4-3-5-8-18/h3-5,7-8,10-13,20H,6,9,14-16H2,1-2H3. The molecule has 2 aromatic rings. The van der Waals surface area contributed by atoms with Gasteiger partial charge in [0.25, 0.3) is 5.91 Å². The van der Waals surface area contributed by atoms with Crippen molar-refractivity contribution in [2.45, 2.75) is 32.0 Å². The SMILES string of the molecule is COC(=O)COP(=O)(Oc1ccc(C)cc1)C1CCCN(OCc2ccccc2)C1=O. The van der Waals surface area contributed by atoms with E-state index < -0.39 is 31.7 Å². The van der Waals surface area contributed by atoms with Gasteiger partial charge in [0.1, 0.15) is 12.4 Å². The average Bonchev–Trinajstić information content (AvgIpc) is 2.79. The molecule has 2 atom stereocenters. The summed E-state index contributed by atoms with van der Waals surface area (Å²) in [6.07, 6.45) is 0.836. The van der Waals surface area contributed by atoms with Gasteiger partial charge in [0, 0.05) is 6.54 Å². The van der Waals surface area contributed by atoms with Crippen molar-refractivity contribution in [1.29, 1.82) is 0 Å². The first-order valence-electron chi connectivity index (χ1n) is 9.97. The van der Waals surface area contributed by atoms with Crippen LogP contribution in [-0.2, 0) is 34.9 Å². The van der Waals surface area contributed by atoms with Crippen LogP contribution >= 0.6 is 7.60 Å². The van der Waals surface area contributed by atoms with Crippen LogP contribution in [0.25, 0.3) is 0 Å². The van der Waals surface area contributed by atoms with Gasteiger partial charge < -0.3 is 9.26 Å². The van der Waals surface area contributed by atoms with Crippen LogP contribution < -0.4 is 4.52 Å². The molecule has 1 fully saturated rings. The zero-order valence-corrected chi connectivity index (χ0v) is 18.5. The van der Waals surface area contributed by atoms with Gasteiger partial charge in [-0.3, -0.25) is 14.2 Å². The lowest BCUT2D eigenvalue weighted by molar-refractivity contribution is -0.196. The van der Waals surface area contributed by atoms with Gasteiger partial charge in [0.2, 0.25) is 0 Å². The molecule has 1 heterocycles. The number of rotatable bonds is 9. The predicted octanol–water partition coefficient (Wildman–Crippen LogP) is 3.88. The molecular weight excluding hydrogens is 421 g/mol. The van der Waals surface area contributed by atoms with Gasteiger partial charge in [-0.05, 0) is 37.5 Å². The molecule has 0 N–H and O–H groups in total. The molecule has 0 aliphatic carbocycles. The van der Waals surface area contributed by atoms with E-state index in [0.29, 0.717) is 13.0 Å². The number of benzene rings is 2. The Labute approximate surface area is 181 Å². The number of carbonyl (C=O) groups is 2. The zero-order valence-electron chi connectivity index (χ0n) is 17.6. The first kappa shape index (κ1) is 23.0. The lowest BCUT2D eigenvalue weighted by Crippen LogP contribution is -2.44.